The maximum atomic E-state index is 12.0. The second-order valence-electron chi connectivity index (χ2n) is 5.91. The van der Waals surface area contributed by atoms with Crippen LogP contribution in [0.15, 0.2) is 60.7 Å². The number of benzene rings is 2. The molecule has 2 aromatic carbocycles. The van der Waals surface area contributed by atoms with E-state index in [1.165, 1.54) is 0 Å². The van der Waals surface area contributed by atoms with E-state index >= 15 is 0 Å². The fraction of sp³-hybridized carbons (Fsp3) is 0.333. The van der Waals surface area contributed by atoms with E-state index in [1.54, 1.807) is 0 Å². The second kappa shape index (κ2) is 6.70. The molecule has 1 unspecified atom stereocenters. The molecule has 1 fully saturated rings. The number of hydrogen-bond donors (Lipinski definition) is 2. The van der Waals surface area contributed by atoms with Crippen molar-refractivity contribution >= 4 is 8.03 Å². The molecular formula is C18H21NO2P+. The minimum absolute atomic E-state index is 0.0633. The van der Waals surface area contributed by atoms with Crippen LogP contribution in [0.2, 0.25) is 0 Å². The Balaban J connectivity index is 1.97. The van der Waals surface area contributed by atoms with Gasteiger partial charge in [-0.2, -0.15) is 4.89 Å². The topological polar surface area (TPSA) is 49.3 Å². The van der Waals surface area contributed by atoms with Crippen molar-refractivity contribution in [3.05, 3.63) is 71.8 Å². The molecule has 1 aliphatic carbocycles. The van der Waals surface area contributed by atoms with Crippen molar-refractivity contribution in [2.24, 2.45) is 0 Å². The van der Waals surface area contributed by atoms with Gasteiger partial charge >= 0.3 is 8.03 Å². The lowest BCUT2D eigenvalue weighted by molar-refractivity contribution is 0.371. The Kier molecular flexibility index (Phi) is 4.68. The SMILES string of the molecule is O=[P+](O)C1(NC(c2ccccc2)c2ccccc2)CCCC1. The van der Waals surface area contributed by atoms with E-state index in [-0.39, 0.29) is 6.04 Å². The fourth-order valence-electron chi connectivity index (χ4n) is 3.27. The molecule has 1 aliphatic rings. The van der Waals surface area contributed by atoms with E-state index in [9.17, 15) is 9.46 Å². The Labute approximate surface area is 132 Å². The Hall–Kier alpha value is -1.54. The zero-order valence-corrected chi connectivity index (χ0v) is 13.4. The molecule has 1 saturated carbocycles. The van der Waals surface area contributed by atoms with E-state index in [1.807, 2.05) is 36.4 Å². The molecule has 0 bridgehead atoms. The van der Waals surface area contributed by atoms with Gasteiger partial charge in [-0.1, -0.05) is 60.7 Å². The van der Waals surface area contributed by atoms with Crippen molar-refractivity contribution < 1.29 is 9.46 Å². The van der Waals surface area contributed by atoms with Crippen molar-refractivity contribution in [1.82, 2.24) is 5.32 Å². The normalized spacial score (nSPS) is 17.6. The highest BCUT2D eigenvalue weighted by molar-refractivity contribution is 7.40. The quantitative estimate of drug-likeness (QED) is 0.806. The predicted molar refractivity (Wildman–Crippen MR) is 88.9 cm³/mol. The summed E-state index contributed by atoms with van der Waals surface area (Å²) in [6.07, 6.45) is 3.53. The van der Waals surface area contributed by atoms with Crippen LogP contribution >= 0.6 is 8.03 Å². The summed E-state index contributed by atoms with van der Waals surface area (Å²) in [7, 11) is -2.26. The summed E-state index contributed by atoms with van der Waals surface area (Å²) in [6.45, 7) is 0. The average molecular weight is 314 g/mol. The lowest BCUT2D eigenvalue weighted by Crippen LogP contribution is -2.42. The monoisotopic (exact) mass is 314 g/mol. The van der Waals surface area contributed by atoms with Gasteiger partial charge in [-0.3, -0.25) is 5.32 Å². The lowest BCUT2D eigenvalue weighted by atomic mass is 9.97. The zero-order chi connectivity index (χ0) is 15.4. The molecule has 2 aromatic rings. The molecule has 22 heavy (non-hydrogen) atoms. The average Bonchev–Trinajstić information content (AvgIpc) is 3.04. The molecule has 0 amide bonds. The molecule has 0 radical (unpaired) electrons. The van der Waals surface area contributed by atoms with Crippen LogP contribution in [0.25, 0.3) is 0 Å². The molecule has 0 aliphatic heterocycles. The summed E-state index contributed by atoms with van der Waals surface area (Å²) >= 11 is 0. The van der Waals surface area contributed by atoms with Crippen LogP contribution in [0, 0.1) is 0 Å². The van der Waals surface area contributed by atoms with Gasteiger partial charge in [0.15, 0.2) is 0 Å². The highest BCUT2D eigenvalue weighted by atomic mass is 31.1. The third-order valence-corrected chi connectivity index (χ3v) is 5.78. The van der Waals surface area contributed by atoms with Gasteiger partial charge in [0.05, 0.1) is 6.04 Å². The zero-order valence-electron chi connectivity index (χ0n) is 12.5. The molecule has 3 rings (SSSR count). The van der Waals surface area contributed by atoms with Gasteiger partial charge in [-0.25, -0.2) is 0 Å². The third-order valence-electron chi connectivity index (χ3n) is 4.48. The number of nitrogens with one attached hydrogen (secondary N) is 1. The van der Waals surface area contributed by atoms with Crippen LogP contribution in [-0.2, 0) is 4.57 Å². The van der Waals surface area contributed by atoms with Crippen molar-refractivity contribution in [2.75, 3.05) is 0 Å². The molecule has 1 atom stereocenters. The van der Waals surface area contributed by atoms with E-state index in [4.69, 9.17) is 0 Å². The van der Waals surface area contributed by atoms with Crippen molar-refractivity contribution in [3.63, 3.8) is 0 Å². The second-order valence-corrected chi connectivity index (χ2v) is 7.31. The first-order chi connectivity index (χ1) is 10.7. The predicted octanol–water partition coefficient (Wildman–Crippen LogP) is 4.37. The Bertz CT molecular complexity index is 585. The molecule has 114 valence electrons. The molecule has 0 saturated heterocycles. The first-order valence-electron chi connectivity index (χ1n) is 7.75. The Morgan fingerprint density at radius 1 is 0.909 bits per heavy atom. The summed E-state index contributed by atoms with van der Waals surface area (Å²) in [4.78, 5) is 9.89. The first kappa shape index (κ1) is 15.4. The summed E-state index contributed by atoms with van der Waals surface area (Å²) < 4.78 is 12.0. The van der Waals surface area contributed by atoms with Crippen LogP contribution < -0.4 is 5.32 Å². The van der Waals surface area contributed by atoms with Crippen LogP contribution in [0.4, 0.5) is 0 Å². The van der Waals surface area contributed by atoms with Crippen molar-refractivity contribution in [3.8, 4) is 0 Å². The molecule has 0 heterocycles. The minimum atomic E-state index is -2.26. The molecule has 2 N–H and O–H groups in total. The highest BCUT2D eigenvalue weighted by Gasteiger charge is 2.52. The number of hydrogen-bond acceptors (Lipinski definition) is 2. The summed E-state index contributed by atoms with van der Waals surface area (Å²) in [5.74, 6) is 0. The summed E-state index contributed by atoms with van der Waals surface area (Å²) in [5.41, 5.74) is 2.24. The standard InChI is InChI=1S/C18H20NO2P/c20-22(21)18(13-7-8-14-18)19-17(15-9-3-1-4-10-15)16-11-5-2-6-12-16/h1-6,9-12,17,19H,7-8,13-14H2/p+1. The van der Waals surface area contributed by atoms with Crippen molar-refractivity contribution in [1.29, 1.82) is 0 Å². The fourth-order valence-corrected chi connectivity index (χ4v) is 4.21. The molecule has 4 heteroatoms. The van der Waals surface area contributed by atoms with E-state index < -0.39 is 13.3 Å². The Morgan fingerprint density at radius 3 is 1.77 bits per heavy atom. The number of rotatable bonds is 5. The smallest absolute Gasteiger partial charge is 0.257 e. The van der Waals surface area contributed by atoms with Crippen molar-refractivity contribution in [2.45, 2.75) is 37.0 Å². The maximum Gasteiger partial charge on any atom is 0.527 e. The van der Waals surface area contributed by atoms with Crippen LogP contribution in [0.5, 0.6) is 0 Å². The van der Waals surface area contributed by atoms with E-state index in [0.29, 0.717) is 0 Å². The highest BCUT2D eigenvalue weighted by Crippen LogP contribution is 2.47. The first-order valence-corrected chi connectivity index (χ1v) is 8.96. The Morgan fingerprint density at radius 2 is 1.36 bits per heavy atom. The lowest BCUT2D eigenvalue weighted by Gasteiger charge is -2.26. The van der Waals surface area contributed by atoms with Gasteiger partial charge in [0.2, 0.25) is 5.28 Å². The van der Waals surface area contributed by atoms with E-state index in [2.05, 4.69) is 29.6 Å². The van der Waals surface area contributed by atoms with Crippen LogP contribution in [0.3, 0.4) is 0 Å². The summed E-state index contributed by atoms with van der Waals surface area (Å²) in [5, 5.41) is 2.87. The maximum absolute atomic E-state index is 12.0. The van der Waals surface area contributed by atoms with E-state index in [0.717, 1.165) is 36.8 Å². The molecular weight excluding hydrogens is 293 g/mol. The molecule has 0 spiro atoms. The van der Waals surface area contributed by atoms with Crippen LogP contribution in [0.1, 0.15) is 42.9 Å². The summed E-state index contributed by atoms with van der Waals surface area (Å²) in [6, 6.07) is 20.2. The van der Waals surface area contributed by atoms with Gasteiger partial charge in [0, 0.05) is 12.8 Å². The van der Waals surface area contributed by atoms with Gasteiger partial charge < -0.3 is 0 Å². The van der Waals surface area contributed by atoms with Gasteiger partial charge in [0.25, 0.3) is 0 Å². The van der Waals surface area contributed by atoms with Gasteiger partial charge in [-0.15, -0.1) is 0 Å². The third kappa shape index (κ3) is 3.12. The van der Waals surface area contributed by atoms with Gasteiger partial charge in [0.1, 0.15) is 0 Å². The molecule has 3 nitrogen and oxygen atoms in total. The van der Waals surface area contributed by atoms with Crippen LogP contribution in [-0.4, -0.2) is 10.2 Å². The largest absolute Gasteiger partial charge is 0.527 e. The molecule has 0 aromatic heterocycles. The van der Waals surface area contributed by atoms with Gasteiger partial charge in [-0.05, 0) is 28.5 Å². The minimum Gasteiger partial charge on any atom is -0.257 e.